The molecule has 1 aromatic heterocycles. The van der Waals surface area contributed by atoms with Gasteiger partial charge in [0.15, 0.2) is 0 Å². The highest BCUT2D eigenvalue weighted by molar-refractivity contribution is 5.90. The highest BCUT2D eigenvalue weighted by atomic mass is 16.6. The van der Waals surface area contributed by atoms with E-state index in [0.29, 0.717) is 12.8 Å². The number of carbonyl (C=O) groups is 4. The predicted octanol–water partition coefficient (Wildman–Crippen LogP) is 0.339. The van der Waals surface area contributed by atoms with Crippen molar-refractivity contribution < 1.29 is 47.6 Å². The molecule has 0 bridgehead atoms. The lowest BCUT2D eigenvalue weighted by Crippen LogP contribution is -2.30. The van der Waals surface area contributed by atoms with Gasteiger partial charge >= 0.3 is 23.6 Å². The number of anilines is 1. The van der Waals surface area contributed by atoms with Crippen molar-refractivity contribution in [1.29, 1.82) is 0 Å². The zero-order valence-electron chi connectivity index (χ0n) is 21.3. The summed E-state index contributed by atoms with van der Waals surface area (Å²) in [7, 11) is 0. The minimum absolute atomic E-state index is 0.0142. The van der Waals surface area contributed by atoms with Crippen LogP contribution in [0.4, 0.5) is 5.82 Å². The van der Waals surface area contributed by atoms with Gasteiger partial charge in [0.2, 0.25) is 0 Å². The Bertz CT molecular complexity index is 992. The van der Waals surface area contributed by atoms with Gasteiger partial charge in [-0.15, -0.1) is 0 Å². The van der Waals surface area contributed by atoms with Crippen molar-refractivity contribution in [1.82, 2.24) is 9.55 Å². The summed E-state index contributed by atoms with van der Waals surface area (Å²) in [4.78, 5) is 62.7. The van der Waals surface area contributed by atoms with Crippen LogP contribution in [0.25, 0.3) is 0 Å². The maximum absolute atomic E-state index is 12.4. The van der Waals surface area contributed by atoms with Crippen LogP contribution in [-0.4, -0.2) is 84.7 Å². The summed E-state index contributed by atoms with van der Waals surface area (Å²) in [6.07, 6.45) is 0.809. The number of nitrogens with zero attached hydrogens (tertiary/aromatic N) is 2. The van der Waals surface area contributed by atoms with Crippen LogP contribution in [0.3, 0.4) is 0 Å². The van der Waals surface area contributed by atoms with Crippen LogP contribution in [0, 0.1) is 0 Å². The summed E-state index contributed by atoms with van der Waals surface area (Å²) in [5, 5.41) is 2.41. The zero-order valence-corrected chi connectivity index (χ0v) is 21.3. The Morgan fingerprint density at radius 3 is 2.16 bits per heavy atom. The van der Waals surface area contributed by atoms with Gasteiger partial charge in [-0.05, 0) is 46.6 Å². The van der Waals surface area contributed by atoms with Gasteiger partial charge in [-0.1, -0.05) is 0 Å². The molecular formula is C23H33N3O11. The maximum Gasteiger partial charge on any atom is 0.351 e. The zero-order chi connectivity index (χ0) is 27.4. The van der Waals surface area contributed by atoms with Crippen LogP contribution in [0.5, 0.6) is 0 Å². The van der Waals surface area contributed by atoms with Crippen molar-refractivity contribution in [2.45, 2.75) is 65.1 Å². The molecular weight excluding hydrogens is 494 g/mol. The first-order chi connectivity index (χ1) is 17.5. The molecule has 14 nitrogen and oxygen atoms in total. The highest BCUT2D eigenvalue weighted by Crippen LogP contribution is 2.27. The van der Waals surface area contributed by atoms with E-state index in [2.05, 4.69) is 10.3 Å². The van der Waals surface area contributed by atoms with E-state index in [-0.39, 0.29) is 37.8 Å². The first-order valence-corrected chi connectivity index (χ1v) is 11.8. The number of carbonyl (C=O) groups excluding carboxylic acids is 4. The summed E-state index contributed by atoms with van der Waals surface area (Å²) in [5.74, 6) is -2.41. The van der Waals surface area contributed by atoms with Crippen molar-refractivity contribution in [3.8, 4) is 0 Å². The average Bonchev–Trinajstić information content (AvgIpc) is 3.25. The molecule has 2 unspecified atom stereocenters. The molecule has 1 saturated heterocycles. The Balaban J connectivity index is 1.72. The Kier molecular flexibility index (Phi) is 12.1. The van der Waals surface area contributed by atoms with Gasteiger partial charge in [0.1, 0.15) is 45.1 Å². The quantitative estimate of drug-likeness (QED) is 0.260. The molecule has 1 fully saturated rings. The van der Waals surface area contributed by atoms with Gasteiger partial charge in [-0.25, -0.2) is 19.2 Å². The van der Waals surface area contributed by atoms with Crippen LogP contribution in [0.15, 0.2) is 17.1 Å². The normalized spacial score (nSPS) is 17.0. The fourth-order valence-electron chi connectivity index (χ4n) is 3.16. The summed E-state index contributed by atoms with van der Waals surface area (Å²) in [6.45, 7) is 5.17. The molecule has 37 heavy (non-hydrogen) atoms. The van der Waals surface area contributed by atoms with Crippen LogP contribution >= 0.6 is 0 Å². The van der Waals surface area contributed by atoms with E-state index in [1.165, 1.54) is 16.8 Å². The van der Waals surface area contributed by atoms with Gasteiger partial charge in [0.05, 0.1) is 18.3 Å². The topological polar surface area (TPSA) is 171 Å². The molecule has 2 atom stereocenters. The lowest BCUT2D eigenvalue weighted by molar-refractivity contribution is -0.160. The van der Waals surface area contributed by atoms with Crippen LogP contribution in [0.2, 0.25) is 0 Å². The number of esters is 3. The molecule has 0 aliphatic carbocycles. The Labute approximate surface area is 213 Å². The lowest BCUT2D eigenvalue weighted by atomic mass is 10.2. The third-order valence-corrected chi connectivity index (χ3v) is 4.55. The average molecular weight is 528 g/mol. The fraction of sp³-hybridized carbons (Fsp3) is 0.652. The van der Waals surface area contributed by atoms with Crippen molar-refractivity contribution >= 4 is 29.6 Å². The van der Waals surface area contributed by atoms with Gasteiger partial charge in [0, 0.05) is 6.20 Å². The van der Waals surface area contributed by atoms with E-state index in [1.807, 2.05) is 0 Å². The van der Waals surface area contributed by atoms with Gasteiger partial charge in [-0.2, -0.15) is 4.98 Å². The number of aromatic nitrogens is 2. The monoisotopic (exact) mass is 527 g/mol. The Morgan fingerprint density at radius 1 is 0.973 bits per heavy atom. The Hall–Kier alpha value is -3.36. The molecule has 1 aromatic rings. The highest BCUT2D eigenvalue weighted by Gasteiger charge is 2.28. The lowest BCUT2D eigenvalue weighted by Gasteiger charge is -2.16. The molecule has 1 amide bonds. The van der Waals surface area contributed by atoms with Gasteiger partial charge < -0.3 is 33.7 Å². The SMILES string of the molecule is CC(C)OC(=O)COCC(=O)Nc1ccn(C2CCC(COC(=O)COCC(=O)OC(C)C)O2)c(=O)n1. The standard InChI is InChI=1S/C23H33N3O11/c1-14(2)35-21(29)12-32-10-18(27)24-17-7-8-26(23(31)25-17)19-6-5-16(37-19)9-34-20(28)11-33-13-22(30)36-15(3)4/h7-8,14-16,19H,5-6,9-13H2,1-4H3,(H,24,25,27,31). The molecule has 206 valence electrons. The van der Waals surface area contributed by atoms with E-state index < -0.39 is 55.1 Å². The van der Waals surface area contributed by atoms with Crippen molar-refractivity contribution in [3.05, 3.63) is 22.7 Å². The van der Waals surface area contributed by atoms with Crippen molar-refractivity contribution in [3.63, 3.8) is 0 Å². The molecule has 1 aliphatic rings. The molecule has 1 N–H and O–H groups in total. The van der Waals surface area contributed by atoms with Crippen molar-refractivity contribution in [2.24, 2.45) is 0 Å². The molecule has 0 radical (unpaired) electrons. The minimum atomic E-state index is -0.663. The smallest absolute Gasteiger partial charge is 0.351 e. The second-order valence-corrected chi connectivity index (χ2v) is 8.59. The largest absolute Gasteiger partial charge is 0.461 e. The number of rotatable bonds is 14. The Morgan fingerprint density at radius 2 is 1.57 bits per heavy atom. The van der Waals surface area contributed by atoms with Gasteiger partial charge in [0.25, 0.3) is 5.91 Å². The first kappa shape index (κ1) is 29.9. The van der Waals surface area contributed by atoms with E-state index in [4.69, 9.17) is 28.4 Å². The summed E-state index contributed by atoms with van der Waals surface area (Å²) in [5.41, 5.74) is -0.649. The third kappa shape index (κ3) is 11.5. The van der Waals surface area contributed by atoms with Gasteiger partial charge in [-0.3, -0.25) is 9.36 Å². The second kappa shape index (κ2) is 15.0. The second-order valence-electron chi connectivity index (χ2n) is 8.59. The number of hydrogen-bond acceptors (Lipinski definition) is 12. The summed E-state index contributed by atoms with van der Waals surface area (Å²) in [6, 6.07) is 1.42. The molecule has 0 spiro atoms. The fourth-order valence-corrected chi connectivity index (χ4v) is 3.16. The number of amides is 1. The van der Waals surface area contributed by atoms with Crippen LogP contribution in [0.1, 0.15) is 46.8 Å². The van der Waals surface area contributed by atoms with E-state index in [0.717, 1.165) is 0 Å². The van der Waals surface area contributed by atoms with E-state index in [9.17, 15) is 24.0 Å². The van der Waals surface area contributed by atoms with Crippen LogP contribution in [-0.2, 0) is 47.6 Å². The number of ether oxygens (including phenoxy) is 6. The van der Waals surface area contributed by atoms with E-state index >= 15 is 0 Å². The molecule has 2 heterocycles. The minimum Gasteiger partial charge on any atom is -0.461 e. The molecule has 0 aromatic carbocycles. The predicted molar refractivity (Wildman–Crippen MR) is 125 cm³/mol. The summed E-state index contributed by atoms with van der Waals surface area (Å²) >= 11 is 0. The van der Waals surface area contributed by atoms with Crippen LogP contribution < -0.4 is 11.0 Å². The first-order valence-electron chi connectivity index (χ1n) is 11.8. The van der Waals surface area contributed by atoms with E-state index in [1.54, 1.807) is 27.7 Å². The van der Waals surface area contributed by atoms with Crippen molar-refractivity contribution in [2.75, 3.05) is 38.4 Å². The molecule has 0 saturated carbocycles. The third-order valence-electron chi connectivity index (χ3n) is 4.55. The molecule has 14 heteroatoms. The summed E-state index contributed by atoms with van der Waals surface area (Å²) < 4.78 is 31.8. The number of hydrogen-bond donors (Lipinski definition) is 1. The molecule has 1 aliphatic heterocycles. The maximum atomic E-state index is 12.4. The number of nitrogens with one attached hydrogen (secondary N) is 1. The molecule has 2 rings (SSSR count).